The standard InChI is InChI=1S/C18H28N2O2S/c1-15(23-14-16-6-3-2-4-7-16)18(22)19-10-5-11-20-12-8-17(21)9-13-20/h2-4,6-7,15,17,21H,5,8-14H2,1H3,(H,19,22). The Hall–Kier alpha value is -1.04. The van der Waals surface area contributed by atoms with Crippen LogP contribution in [0.5, 0.6) is 0 Å². The number of hydrogen-bond acceptors (Lipinski definition) is 4. The van der Waals surface area contributed by atoms with Crippen LogP contribution in [0.15, 0.2) is 30.3 Å². The van der Waals surface area contributed by atoms with Gasteiger partial charge < -0.3 is 15.3 Å². The summed E-state index contributed by atoms with van der Waals surface area (Å²) in [7, 11) is 0. The minimum atomic E-state index is -0.117. The summed E-state index contributed by atoms with van der Waals surface area (Å²) < 4.78 is 0. The summed E-state index contributed by atoms with van der Waals surface area (Å²) in [5.41, 5.74) is 1.25. The van der Waals surface area contributed by atoms with Crippen molar-refractivity contribution in [3.05, 3.63) is 35.9 Å². The van der Waals surface area contributed by atoms with Crippen LogP contribution in [0.2, 0.25) is 0 Å². The molecule has 1 atom stereocenters. The maximum atomic E-state index is 12.1. The third kappa shape index (κ3) is 6.94. The molecule has 0 bridgehead atoms. The maximum Gasteiger partial charge on any atom is 0.232 e. The molecule has 1 aromatic rings. The smallest absolute Gasteiger partial charge is 0.232 e. The predicted molar refractivity (Wildman–Crippen MR) is 96.5 cm³/mol. The average molecular weight is 337 g/mol. The van der Waals surface area contributed by atoms with E-state index in [1.165, 1.54) is 5.56 Å². The van der Waals surface area contributed by atoms with Crippen LogP contribution >= 0.6 is 11.8 Å². The van der Waals surface area contributed by atoms with E-state index in [0.717, 1.165) is 51.2 Å². The number of likely N-dealkylation sites (tertiary alicyclic amines) is 1. The SMILES string of the molecule is CC(SCc1ccccc1)C(=O)NCCCN1CCC(O)CC1. The van der Waals surface area contributed by atoms with Crippen molar-refractivity contribution in [2.75, 3.05) is 26.2 Å². The number of nitrogens with one attached hydrogen (secondary N) is 1. The van der Waals surface area contributed by atoms with Gasteiger partial charge in [-0.2, -0.15) is 0 Å². The Balaban J connectivity index is 1.55. The van der Waals surface area contributed by atoms with Crippen molar-refractivity contribution < 1.29 is 9.90 Å². The van der Waals surface area contributed by atoms with Gasteiger partial charge in [0.2, 0.25) is 5.91 Å². The van der Waals surface area contributed by atoms with E-state index in [1.54, 1.807) is 11.8 Å². The molecular formula is C18H28N2O2S. The predicted octanol–water partition coefficient (Wildman–Crippen LogP) is 2.27. The van der Waals surface area contributed by atoms with E-state index in [1.807, 2.05) is 25.1 Å². The Morgan fingerprint density at radius 3 is 2.74 bits per heavy atom. The summed E-state index contributed by atoms with van der Waals surface area (Å²) in [6.45, 7) is 5.64. The lowest BCUT2D eigenvalue weighted by molar-refractivity contribution is -0.120. The first-order valence-corrected chi connectivity index (χ1v) is 9.53. The molecule has 1 heterocycles. The molecule has 2 rings (SSSR count). The highest BCUT2D eigenvalue weighted by molar-refractivity contribution is 7.99. The van der Waals surface area contributed by atoms with E-state index < -0.39 is 0 Å². The molecule has 2 N–H and O–H groups in total. The minimum absolute atomic E-state index is 0.0275. The van der Waals surface area contributed by atoms with E-state index in [2.05, 4.69) is 22.3 Å². The summed E-state index contributed by atoms with van der Waals surface area (Å²) in [6, 6.07) is 10.2. The van der Waals surface area contributed by atoms with E-state index in [-0.39, 0.29) is 17.3 Å². The van der Waals surface area contributed by atoms with Gasteiger partial charge in [-0.3, -0.25) is 4.79 Å². The second-order valence-corrected chi connectivity index (χ2v) is 7.49. The minimum Gasteiger partial charge on any atom is -0.393 e. The second kappa shape index (κ2) is 9.96. The number of thioether (sulfide) groups is 1. The lowest BCUT2D eigenvalue weighted by Gasteiger charge is -2.29. The third-order valence-corrected chi connectivity index (χ3v) is 5.43. The Morgan fingerprint density at radius 1 is 1.35 bits per heavy atom. The number of aliphatic hydroxyl groups is 1. The molecule has 1 aromatic carbocycles. The van der Waals surface area contributed by atoms with Gasteiger partial charge in [0.15, 0.2) is 0 Å². The molecule has 1 aliphatic heterocycles. The molecule has 128 valence electrons. The van der Waals surface area contributed by atoms with E-state index in [0.29, 0.717) is 0 Å². The highest BCUT2D eigenvalue weighted by atomic mass is 32.2. The van der Waals surface area contributed by atoms with Gasteiger partial charge in [-0.05, 0) is 38.3 Å². The van der Waals surface area contributed by atoms with E-state index >= 15 is 0 Å². The van der Waals surface area contributed by atoms with Gasteiger partial charge in [-0.25, -0.2) is 0 Å². The van der Waals surface area contributed by atoms with Crippen molar-refractivity contribution in [2.45, 2.75) is 43.3 Å². The van der Waals surface area contributed by atoms with Crippen LogP contribution in [0, 0.1) is 0 Å². The molecule has 1 saturated heterocycles. The zero-order valence-electron chi connectivity index (χ0n) is 13.9. The number of amides is 1. The van der Waals surface area contributed by atoms with Crippen LogP contribution in [0.1, 0.15) is 31.7 Å². The zero-order valence-corrected chi connectivity index (χ0v) is 14.7. The van der Waals surface area contributed by atoms with Gasteiger partial charge in [0.25, 0.3) is 0 Å². The van der Waals surface area contributed by atoms with Gasteiger partial charge in [0.1, 0.15) is 0 Å². The summed E-state index contributed by atoms with van der Waals surface area (Å²) in [4.78, 5) is 14.4. The molecule has 0 aromatic heterocycles. The Bertz CT molecular complexity index is 461. The molecular weight excluding hydrogens is 308 g/mol. The normalized spacial score (nSPS) is 17.8. The van der Waals surface area contributed by atoms with Gasteiger partial charge in [-0.15, -0.1) is 11.8 Å². The number of rotatable bonds is 8. The first-order chi connectivity index (χ1) is 11.1. The van der Waals surface area contributed by atoms with Crippen molar-refractivity contribution in [1.82, 2.24) is 10.2 Å². The van der Waals surface area contributed by atoms with E-state index in [4.69, 9.17) is 0 Å². The highest BCUT2D eigenvalue weighted by Gasteiger charge is 2.17. The Kier molecular flexibility index (Phi) is 7.92. The molecule has 1 unspecified atom stereocenters. The molecule has 23 heavy (non-hydrogen) atoms. The maximum absolute atomic E-state index is 12.1. The molecule has 1 fully saturated rings. The largest absolute Gasteiger partial charge is 0.393 e. The van der Waals surface area contributed by atoms with Gasteiger partial charge >= 0.3 is 0 Å². The monoisotopic (exact) mass is 336 g/mol. The van der Waals surface area contributed by atoms with Crippen LogP contribution < -0.4 is 5.32 Å². The first-order valence-electron chi connectivity index (χ1n) is 8.49. The fourth-order valence-corrected chi connectivity index (χ4v) is 3.54. The van der Waals surface area contributed by atoms with E-state index in [9.17, 15) is 9.90 Å². The van der Waals surface area contributed by atoms with Crippen LogP contribution in [0.25, 0.3) is 0 Å². The molecule has 0 spiro atoms. The number of piperidine rings is 1. The van der Waals surface area contributed by atoms with Crippen molar-refractivity contribution in [3.63, 3.8) is 0 Å². The zero-order chi connectivity index (χ0) is 16.5. The van der Waals surface area contributed by atoms with Crippen LogP contribution in [0.3, 0.4) is 0 Å². The molecule has 0 saturated carbocycles. The van der Waals surface area contributed by atoms with Crippen molar-refractivity contribution in [3.8, 4) is 0 Å². The van der Waals surface area contributed by atoms with Crippen LogP contribution in [-0.2, 0) is 10.5 Å². The van der Waals surface area contributed by atoms with Crippen molar-refractivity contribution >= 4 is 17.7 Å². The number of carbonyl (C=O) groups excluding carboxylic acids is 1. The number of hydrogen-bond donors (Lipinski definition) is 2. The van der Waals surface area contributed by atoms with Gasteiger partial charge in [0.05, 0.1) is 11.4 Å². The van der Waals surface area contributed by atoms with Crippen LogP contribution in [-0.4, -0.2) is 53.4 Å². The number of benzene rings is 1. The Morgan fingerprint density at radius 2 is 2.04 bits per heavy atom. The fraction of sp³-hybridized carbons (Fsp3) is 0.611. The molecule has 1 amide bonds. The quantitative estimate of drug-likeness (QED) is 0.715. The highest BCUT2D eigenvalue weighted by Crippen LogP contribution is 2.17. The molecule has 4 nitrogen and oxygen atoms in total. The molecule has 0 radical (unpaired) electrons. The first kappa shape index (κ1) is 18.3. The Labute approximate surface area is 143 Å². The van der Waals surface area contributed by atoms with Gasteiger partial charge in [0, 0.05) is 25.4 Å². The number of aliphatic hydroxyl groups excluding tert-OH is 1. The van der Waals surface area contributed by atoms with Crippen molar-refractivity contribution in [2.24, 2.45) is 0 Å². The van der Waals surface area contributed by atoms with Gasteiger partial charge in [-0.1, -0.05) is 30.3 Å². The summed E-state index contributed by atoms with van der Waals surface area (Å²) in [5, 5.41) is 12.5. The average Bonchev–Trinajstić information content (AvgIpc) is 2.59. The fourth-order valence-electron chi connectivity index (χ4n) is 2.67. The number of nitrogens with zero attached hydrogens (tertiary/aromatic N) is 1. The lowest BCUT2D eigenvalue weighted by atomic mass is 10.1. The number of carbonyl (C=O) groups is 1. The second-order valence-electron chi connectivity index (χ2n) is 6.16. The topological polar surface area (TPSA) is 52.6 Å². The third-order valence-electron chi connectivity index (χ3n) is 4.22. The van der Waals surface area contributed by atoms with Crippen LogP contribution in [0.4, 0.5) is 0 Å². The van der Waals surface area contributed by atoms with Crippen molar-refractivity contribution in [1.29, 1.82) is 0 Å². The molecule has 5 heteroatoms. The molecule has 0 aliphatic carbocycles. The summed E-state index contributed by atoms with van der Waals surface area (Å²) in [5.74, 6) is 0.992. The lowest BCUT2D eigenvalue weighted by Crippen LogP contribution is -2.38. The summed E-state index contributed by atoms with van der Waals surface area (Å²) >= 11 is 1.67. The molecule has 1 aliphatic rings. The summed E-state index contributed by atoms with van der Waals surface area (Å²) in [6.07, 6.45) is 2.60.